The van der Waals surface area contributed by atoms with Crippen molar-refractivity contribution in [2.75, 3.05) is 13.2 Å². The van der Waals surface area contributed by atoms with Crippen molar-refractivity contribution in [2.45, 2.75) is 32.0 Å². The molecule has 3 N–H and O–H groups in total. The second-order valence-electron chi connectivity index (χ2n) is 4.84. The minimum absolute atomic E-state index is 0.0334. The van der Waals surface area contributed by atoms with Crippen molar-refractivity contribution in [3.8, 4) is 0 Å². The Hall–Kier alpha value is -0.860. The van der Waals surface area contributed by atoms with Crippen LogP contribution in [0.4, 0.5) is 8.78 Å². The van der Waals surface area contributed by atoms with Gasteiger partial charge in [-0.2, -0.15) is 8.78 Å². The standard InChI is InChI=1S/C14H19BrF2NO5P/c1-3-22-24(21,23-4-2)14(16,17)10-6-5-9(7-11(10)15)8-12(18)13(19)20/h5-7,12H,3-4,8,18H2,1-2H3,(H,19,20)/t12-/m0/s1. The first-order chi connectivity index (χ1) is 11.1. The number of carboxylic acids is 1. The monoisotopic (exact) mass is 429 g/mol. The van der Waals surface area contributed by atoms with Crippen LogP contribution in [0, 0.1) is 0 Å². The van der Waals surface area contributed by atoms with Crippen LogP contribution >= 0.6 is 23.5 Å². The molecular formula is C14H19BrF2NO5P. The van der Waals surface area contributed by atoms with Gasteiger partial charge >= 0.3 is 19.2 Å². The summed E-state index contributed by atoms with van der Waals surface area (Å²) >= 11 is 3.00. The zero-order chi connectivity index (χ0) is 18.5. The molecule has 0 aliphatic heterocycles. The third-order valence-corrected chi connectivity index (χ3v) is 5.85. The number of alkyl halides is 2. The summed E-state index contributed by atoms with van der Waals surface area (Å²) in [6.45, 7) is 2.48. The highest BCUT2D eigenvalue weighted by Gasteiger charge is 2.55. The fraction of sp³-hybridized carbons (Fsp3) is 0.500. The topological polar surface area (TPSA) is 98.9 Å². The molecule has 1 atom stereocenters. The van der Waals surface area contributed by atoms with E-state index in [1.807, 2.05) is 0 Å². The van der Waals surface area contributed by atoms with E-state index >= 15 is 0 Å². The Labute approximate surface area is 147 Å². The number of halogens is 3. The number of rotatable bonds is 9. The molecule has 0 fully saturated rings. The van der Waals surface area contributed by atoms with E-state index in [1.165, 1.54) is 26.0 Å². The van der Waals surface area contributed by atoms with Crippen LogP contribution in [0.25, 0.3) is 0 Å². The van der Waals surface area contributed by atoms with Crippen molar-refractivity contribution in [3.05, 3.63) is 33.8 Å². The molecule has 0 bridgehead atoms. The highest BCUT2D eigenvalue weighted by Crippen LogP contribution is 2.67. The maximum Gasteiger partial charge on any atom is 0.404 e. The Morgan fingerprint density at radius 1 is 1.38 bits per heavy atom. The number of hydrogen-bond acceptors (Lipinski definition) is 5. The average molecular weight is 430 g/mol. The molecule has 1 aromatic carbocycles. The van der Waals surface area contributed by atoms with E-state index in [1.54, 1.807) is 0 Å². The van der Waals surface area contributed by atoms with Crippen molar-refractivity contribution in [1.82, 2.24) is 0 Å². The molecule has 0 aliphatic carbocycles. The lowest BCUT2D eigenvalue weighted by Gasteiger charge is -2.26. The molecule has 1 rings (SSSR count). The molecule has 0 aliphatic rings. The van der Waals surface area contributed by atoms with Gasteiger partial charge in [0.25, 0.3) is 0 Å². The Kier molecular flexibility index (Phi) is 7.49. The molecule has 0 aromatic heterocycles. The van der Waals surface area contributed by atoms with E-state index in [-0.39, 0.29) is 24.1 Å². The Balaban J connectivity index is 3.20. The zero-order valence-corrected chi connectivity index (χ0v) is 15.6. The van der Waals surface area contributed by atoms with E-state index in [4.69, 9.17) is 19.9 Å². The quantitative estimate of drug-likeness (QED) is 0.580. The van der Waals surface area contributed by atoms with Gasteiger partial charge < -0.3 is 19.9 Å². The molecule has 6 nitrogen and oxygen atoms in total. The number of nitrogens with two attached hydrogens (primary N) is 1. The van der Waals surface area contributed by atoms with Gasteiger partial charge in [-0.05, 0) is 31.9 Å². The van der Waals surface area contributed by atoms with E-state index in [9.17, 15) is 18.1 Å². The predicted molar refractivity (Wildman–Crippen MR) is 88.2 cm³/mol. The number of aliphatic carboxylic acids is 1. The first-order valence-corrected chi connectivity index (χ1v) is 9.47. The average Bonchev–Trinajstić information content (AvgIpc) is 2.47. The van der Waals surface area contributed by atoms with E-state index < -0.39 is 30.8 Å². The number of carboxylic acid groups (broad SMARTS) is 1. The first kappa shape index (κ1) is 21.2. The summed E-state index contributed by atoms with van der Waals surface area (Å²) in [5.74, 6) is -1.20. The van der Waals surface area contributed by atoms with Crippen molar-refractivity contribution < 1.29 is 32.3 Å². The summed E-state index contributed by atoms with van der Waals surface area (Å²) in [4.78, 5) is 10.8. The second-order valence-corrected chi connectivity index (χ2v) is 7.76. The van der Waals surface area contributed by atoms with Crippen LogP contribution in [0.1, 0.15) is 25.0 Å². The molecular weight excluding hydrogens is 411 g/mol. The second kappa shape index (κ2) is 8.49. The molecule has 0 radical (unpaired) electrons. The molecule has 1 aromatic rings. The van der Waals surface area contributed by atoms with Crippen molar-refractivity contribution in [3.63, 3.8) is 0 Å². The first-order valence-electron chi connectivity index (χ1n) is 7.13. The maximum absolute atomic E-state index is 14.7. The van der Waals surface area contributed by atoms with E-state index in [0.29, 0.717) is 5.56 Å². The highest BCUT2D eigenvalue weighted by molar-refractivity contribution is 9.10. The molecule has 0 amide bonds. The van der Waals surface area contributed by atoms with Gasteiger partial charge in [-0.15, -0.1) is 0 Å². The lowest BCUT2D eigenvalue weighted by atomic mass is 10.0. The molecule has 0 heterocycles. The molecule has 0 spiro atoms. The van der Waals surface area contributed by atoms with Gasteiger partial charge in [0.05, 0.1) is 13.2 Å². The van der Waals surface area contributed by atoms with Crippen LogP contribution in [-0.4, -0.2) is 30.3 Å². The number of benzene rings is 1. The number of carbonyl (C=O) groups is 1. The van der Waals surface area contributed by atoms with Crippen LogP contribution < -0.4 is 5.73 Å². The van der Waals surface area contributed by atoms with Gasteiger partial charge in [0.2, 0.25) is 0 Å². The van der Waals surface area contributed by atoms with Gasteiger partial charge in [-0.3, -0.25) is 9.36 Å². The Morgan fingerprint density at radius 2 is 1.92 bits per heavy atom. The fourth-order valence-corrected chi connectivity index (χ4v) is 4.35. The smallest absolute Gasteiger partial charge is 0.404 e. The van der Waals surface area contributed by atoms with Crippen molar-refractivity contribution in [2.24, 2.45) is 5.73 Å². The third kappa shape index (κ3) is 4.61. The maximum atomic E-state index is 14.7. The largest absolute Gasteiger partial charge is 0.480 e. The predicted octanol–water partition coefficient (Wildman–Crippen LogP) is 3.72. The molecule has 24 heavy (non-hydrogen) atoms. The molecule has 10 heteroatoms. The summed E-state index contributed by atoms with van der Waals surface area (Å²) in [7, 11) is -4.71. The molecule has 0 saturated heterocycles. The zero-order valence-electron chi connectivity index (χ0n) is 13.2. The van der Waals surface area contributed by atoms with Gasteiger partial charge in [-0.1, -0.05) is 28.1 Å². The third-order valence-electron chi connectivity index (χ3n) is 3.07. The molecule has 0 saturated carbocycles. The minimum Gasteiger partial charge on any atom is -0.480 e. The van der Waals surface area contributed by atoms with Crippen LogP contribution in [-0.2, 0) is 30.5 Å². The van der Waals surface area contributed by atoms with Gasteiger partial charge in [0.1, 0.15) is 6.04 Å². The minimum atomic E-state index is -4.71. The van der Waals surface area contributed by atoms with Crippen molar-refractivity contribution >= 4 is 29.5 Å². The lowest BCUT2D eigenvalue weighted by molar-refractivity contribution is -0.138. The van der Waals surface area contributed by atoms with Crippen molar-refractivity contribution in [1.29, 1.82) is 0 Å². The van der Waals surface area contributed by atoms with E-state index in [2.05, 4.69) is 15.9 Å². The van der Waals surface area contributed by atoms with Gasteiger partial charge in [-0.25, -0.2) is 0 Å². The normalized spacial score (nSPS) is 13.8. The van der Waals surface area contributed by atoms with E-state index in [0.717, 1.165) is 6.07 Å². The summed E-state index contributed by atoms with van der Waals surface area (Å²) in [5, 5.41) is 8.79. The highest BCUT2D eigenvalue weighted by atomic mass is 79.9. The lowest BCUT2D eigenvalue weighted by Crippen LogP contribution is -2.32. The Bertz CT molecular complexity index is 634. The number of hydrogen-bond donors (Lipinski definition) is 2. The van der Waals surface area contributed by atoms with Crippen LogP contribution in [0.3, 0.4) is 0 Å². The summed E-state index contributed by atoms with van der Waals surface area (Å²) in [5.41, 5.74) is 1.43. The van der Waals surface area contributed by atoms with Gasteiger partial charge in [0.15, 0.2) is 0 Å². The molecule has 0 unspecified atom stereocenters. The van der Waals surface area contributed by atoms with Crippen LogP contribution in [0.2, 0.25) is 0 Å². The van der Waals surface area contributed by atoms with Crippen LogP contribution in [0.5, 0.6) is 0 Å². The summed E-state index contributed by atoms with van der Waals surface area (Å²) < 4.78 is 51.3. The fourth-order valence-electron chi connectivity index (χ4n) is 1.96. The summed E-state index contributed by atoms with van der Waals surface area (Å²) in [6.07, 6.45) is -0.0334. The molecule has 136 valence electrons. The van der Waals surface area contributed by atoms with Crippen LogP contribution in [0.15, 0.2) is 22.7 Å². The Morgan fingerprint density at radius 3 is 2.33 bits per heavy atom. The summed E-state index contributed by atoms with van der Waals surface area (Å²) in [6, 6.07) is 2.52. The SMILES string of the molecule is CCOP(=O)(OCC)C(F)(F)c1ccc(C[C@H](N)C(=O)O)cc1Br. The van der Waals surface area contributed by atoms with Gasteiger partial charge in [0, 0.05) is 10.0 Å².